The van der Waals surface area contributed by atoms with Gasteiger partial charge in [-0.2, -0.15) is 0 Å². The number of hydrogen-bond acceptors (Lipinski definition) is 2. The third-order valence-electron chi connectivity index (χ3n) is 3.77. The molecule has 2 aromatic carbocycles. The van der Waals surface area contributed by atoms with Gasteiger partial charge in [-0.15, -0.1) is 0 Å². The van der Waals surface area contributed by atoms with Gasteiger partial charge >= 0.3 is 0 Å². The topological polar surface area (TPSA) is 49.4 Å². The van der Waals surface area contributed by atoms with E-state index < -0.39 is 5.92 Å². The molecule has 1 N–H and O–H groups in total. The molecule has 0 spiro atoms. The van der Waals surface area contributed by atoms with Gasteiger partial charge in [0.2, 0.25) is 11.8 Å². The minimum atomic E-state index is -0.431. The van der Waals surface area contributed by atoms with Gasteiger partial charge < -0.3 is 10.2 Å². The number of para-hydroxylation sites is 1. The van der Waals surface area contributed by atoms with E-state index in [4.69, 9.17) is 0 Å². The maximum Gasteiger partial charge on any atom is 0.229 e. The first kappa shape index (κ1) is 15.7. The molecule has 0 unspecified atom stereocenters. The SMILES string of the molecule is O=C(Nc1ccccc1Br)[C@@H]1CC(=O)N(c2ccc(F)cc2)C1. The van der Waals surface area contributed by atoms with Gasteiger partial charge in [0, 0.05) is 23.1 Å². The zero-order chi connectivity index (χ0) is 16.4. The van der Waals surface area contributed by atoms with Gasteiger partial charge in [0.15, 0.2) is 0 Å². The Morgan fingerprint density at radius 3 is 2.57 bits per heavy atom. The van der Waals surface area contributed by atoms with Crippen LogP contribution in [0, 0.1) is 11.7 Å². The minimum Gasteiger partial charge on any atom is -0.325 e. The Hall–Kier alpha value is -2.21. The van der Waals surface area contributed by atoms with E-state index in [0.29, 0.717) is 17.9 Å². The first-order valence-corrected chi connectivity index (χ1v) is 7.95. The molecule has 1 aliphatic heterocycles. The molecule has 0 bridgehead atoms. The van der Waals surface area contributed by atoms with Gasteiger partial charge in [-0.3, -0.25) is 9.59 Å². The normalized spacial score (nSPS) is 17.4. The molecule has 0 radical (unpaired) electrons. The van der Waals surface area contributed by atoms with Crippen LogP contribution in [0.15, 0.2) is 53.0 Å². The van der Waals surface area contributed by atoms with Crippen LogP contribution in [0.4, 0.5) is 15.8 Å². The average Bonchev–Trinajstić information content (AvgIpc) is 2.92. The number of benzene rings is 2. The lowest BCUT2D eigenvalue weighted by Crippen LogP contribution is -2.28. The molecule has 1 fully saturated rings. The van der Waals surface area contributed by atoms with Crippen molar-refractivity contribution in [2.75, 3.05) is 16.8 Å². The van der Waals surface area contributed by atoms with Crippen molar-refractivity contribution in [2.24, 2.45) is 5.92 Å². The largest absolute Gasteiger partial charge is 0.325 e. The van der Waals surface area contributed by atoms with Crippen molar-refractivity contribution in [2.45, 2.75) is 6.42 Å². The first-order valence-electron chi connectivity index (χ1n) is 7.16. The standard InChI is InChI=1S/C17H14BrFN2O2/c18-14-3-1-2-4-15(14)20-17(23)11-9-16(22)21(10-11)13-7-5-12(19)6-8-13/h1-8,11H,9-10H2,(H,20,23)/t11-/m1/s1. The summed E-state index contributed by atoms with van der Waals surface area (Å²) < 4.78 is 13.8. The van der Waals surface area contributed by atoms with E-state index in [0.717, 1.165) is 4.47 Å². The highest BCUT2D eigenvalue weighted by molar-refractivity contribution is 9.10. The Labute approximate surface area is 141 Å². The van der Waals surface area contributed by atoms with E-state index in [9.17, 15) is 14.0 Å². The summed E-state index contributed by atoms with van der Waals surface area (Å²) in [6.45, 7) is 0.292. The smallest absolute Gasteiger partial charge is 0.229 e. The zero-order valence-corrected chi connectivity index (χ0v) is 13.7. The van der Waals surface area contributed by atoms with E-state index in [-0.39, 0.29) is 24.1 Å². The van der Waals surface area contributed by atoms with E-state index in [1.54, 1.807) is 18.2 Å². The summed E-state index contributed by atoms with van der Waals surface area (Å²) >= 11 is 3.37. The molecule has 23 heavy (non-hydrogen) atoms. The molecule has 1 aliphatic rings. The molecular weight excluding hydrogens is 363 g/mol. The number of nitrogens with zero attached hydrogens (tertiary/aromatic N) is 1. The molecule has 0 aromatic heterocycles. The van der Waals surface area contributed by atoms with Crippen molar-refractivity contribution >= 4 is 39.1 Å². The number of amides is 2. The highest BCUT2D eigenvalue weighted by Gasteiger charge is 2.35. The molecule has 4 nitrogen and oxygen atoms in total. The number of carbonyl (C=O) groups is 2. The summed E-state index contributed by atoms with van der Waals surface area (Å²) in [5, 5.41) is 2.83. The fourth-order valence-corrected chi connectivity index (χ4v) is 2.94. The number of rotatable bonds is 3. The fourth-order valence-electron chi connectivity index (χ4n) is 2.55. The fraction of sp³-hybridized carbons (Fsp3) is 0.176. The Balaban J connectivity index is 1.71. The Morgan fingerprint density at radius 2 is 1.87 bits per heavy atom. The second-order valence-corrected chi connectivity index (χ2v) is 6.21. The lowest BCUT2D eigenvalue weighted by molar-refractivity contribution is -0.122. The highest BCUT2D eigenvalue weighted by Crippen LogP contribution is 2.27. The summed E-state index contributed by atoms with van der Waals surface area (Å²) in [4.78, 5) is 26.0. The first-order chi connectivity index (χ1) is 11.0. The van der Waals surface area contributed by atoms with Crippen LogP contribution in [0.3, 0.4) is 0 Å². The minimum absolute atomic E-state index is 0.135. The van der Waals surface area contributed by atoms with Crippen LogP contribution >= 0.6 is 15.9 Å². The highest BCUT2D eigenvalue weighted by atomic mass is 79.9. The van der Waals surface area contributed by atoms with Gasteiger partial charge in [0.1, 0.15) is 5.82 Å². The lowest BCUT2D eigenvalue weighted by atomic mass is 10.1. The van der Waals surface area contributed by atoms with Crippen LogP contribution < -0.4 is 10.2 Å². The Kier molecular flexibility index (Phi) is 4.43. The zero-order valence-electron chi connectivity index (χ0n) is 12.1. The second-order valence-electron chi connectivity index (χ2n) is 5.35. The summed E-state index contributed by atoms with van der Waals surface area (Å²) in [7, 11) is 0. The van der Waals surface area contributed by atoms with Crippen LogP contribution in [-0.2, 0) is 9.59 Å². The second kappa shape index (κ2) is 6.50. The molecular formula is C17H14BrFN2O2. The van der Waals surface area contributed by atoms with Crippen molar-refractivity contribution in [3.05, 3.63) is 58.8 Å². The molecule has 0 saturated carbocycles. The van der Waals surface area contributed by atoms with Crippen molar-refractivity contribution < 1.29 is 14.0 Å². The average molecular weight is 377 g/mol. The van der Waals surface area contributed by atoms with E-state index in [1.165, 1.54) is 17.0 Å². The number of carbonyl (C=O) groups excluding carboxylic acids is 2. The summed E-state index contributed by atoms with van der Waals surface area (Å²) in [6.07, 6.45) is 0.146. The van der Waals surface area contributed by atoms with E-state index in [2.05, 4.69) is 21.2 Å². The van der Waals surface area contributed by atoms with Gasteiger partial charge in [0.05, 0.1) is 11.6 Å². The van der Waals surface area contributed by atoms with Gasteiger partial charge in [-0.25, -0.2) is 4.39 Å². The van der Waals surface area contributed by atoms with Gasteiger partial charge in [0.25, 0.3) is 0 Å². The molecule has 1 saturated heterocycles. The summed E-state index contributed by atoms with van der Waals surface area (Å²) in [5.74, 6) is -1.12. The van der Waals surface area contributed by atoms with Crippen molar-refractivity contribution in [3.8, 4) is 0 Å². The molecule has 1 atom stereocenters. The van der Waals surface area contributed by atoms with Crippen LogP contribution in [0.25, 0.3) is 0 Å². The summed E-state index contributed by atoms with van der Waals surface area (Å²) in [5.41, 5.74) is 1.28. The predicted octanol–water partition coefficient (Wildman–Crippen LogP) is 3.58. The Bertz CT molecular complexity index is 749. The van der Waals surface area contributed by atoms with Crippen LogP contribution in [-0.4, -0.2) is 18.4 Å². The Morgan fingerprint density at radius 1 is 1.17 bits per heavy atom. The van der Waals surface area contributed by atoms with Gasteiger partial charge in [-0.05, 0) is 52.3 Å². The van der Waals surface area contributed by atoms with E-state index in [1.807, 2.05) is 18.2 Å². The molecule has 0 aliphatic carbocycles. The van der Waals surface area contributed by atoms with E-state index >= 15 is 0 Å². The number of hydrogen-bond donors (Lipinski definition) is 1. The third kappa shape index (κ3) is 3.42. The van der Waals surface area contributed by atoms with Gasteiger partial charge in [-0.1, -0.05) is 12.1 Å². The monoisotopic (exact) mass is 376 g/mol. The van der Waals surface area contributed by atoms with Crippen LogP contribution in [0.5, 0.6) is 0 Å². The predicted molar refractivity (Wildman–Crippen MR) is 89.6 cm³/mol. The maximum atomic E-state index is 13.0. The summed E-state index contributed by atoms with van der Waals surface area (Å²) in [6, 6.07) is 13.0. The molecule has 3 rings (SSSR count). The van der Waals surface area contributed by atoms with Crippen molar-refractivity contribution in [1.82, 2.24) is 0 Å². The number of halogens is 2. The third-order valence-corrected chi connectivity index (χ3v) is 4.46. The molecule has 6 heteroatoms. The molecule has 2 amide bonds. The number of nitrogens with one attached hydrogen (secondary N) is 1. The van der Waals surface area contributed by atoms with Crippen LogP contribution in [0.1, 0.15) is 6.42 Å². The maximum absolute atomic E-state index is 13.0. The number of anilines is 2. The van der Waals surface area contributed by atoms with Crippen molar-refractivity contribution in [1.29, 1.82) is 0 Å². The quantitative estimate of drug-likeness (QED) is 0.889. The van der Waals surface area contributed by atoms with Crippen molar-refractivity contribution in [3.63, 3.8) is 0 Å². The van der Waals surface area contributed by atoms with Crippen LogP contribution in [0.2, 0.25) is 0 Å². The molecule has 1 heterocycles. The molecule has 118 valence electrons. The molecule has 2 aromatic rings. The lowest BCUT2D eigenvalue weighted by Gasteiger charge is -2.16.